The van der Waals surface area contributed by atoms with E-state index in [1.54, 1.807) is 0 Å². The van der Waals surface area contributed by atoms with Gasteiger partial charge in [0.1, 0.15) is 11.6 Å². The van der Waals surface area contributed by atoms with Crippen LogP contribution in [0.5, 0.6) is 5.75 Å². The molecule has 9 heteroatoms. The summed E-state index contributed by atoms with van der Waals surface area (Å²) < 4.78 is 67.6. The number of hydrogen-bond donors (Lipinski definition) is 1. The standard InChI is InChI=1S/C18H15F5O4/c19-12-5-2-4-11(9-12)15(24)14(16(25)26)8-10-3-1-6-13(7-10)27-18(22,23)17(20)21/h1-7,9,14-15,17,24H,8H2,(H,25,26)/p-1. The van der Waals surface area contributed by atoms with Gasteiger partial charge in [0.2, 0.25) is 0 Å². The Morgan fingerprint density at radius 1 is 1.15 bits per heavy atom. The average Bonchev–Trinajstić information content (AvgIpc) is 2.58. The van der Waals surface area contributed by atoms with Gasteiger partial charge in [0, 0.05) is 11.9 Å². The maximum atomic E-state index is 13.3. The third kappa shape index (κ3) is 5.40. The highest BCUT2D eigenvalue weighted by Crippen LogP contribution is 2.30. The number of aliphatic hydroxyl groups excluding tert-OH is 1. The van der Waals surface area contributed by atoms with Gasteiger partial charge in [0.25, 0.3) is 0 Å². The van der Waals surface area contributed by atoms with Gasteiger partial charge in [-0.05, 0) is 41.8 Å². The SMILES string of the molecule is O=C([O-])C(Cc1cccc(OC(F)(F)C(F)F)c1)C(O)c1cccc(F)c1. The van der Waals surface area contributed by atoms with Crippen molar-refractivity contribution in [3.63, 3.8) is 0 Å². The van der Waals surface area contributed by atoms with Crippen molar-refractivity contribution in [3.05, 3.63) is 65.5 Å². The number of carbonyl (C=O) groups is 1. The molecule has 146 valence electrons. The lowest BCUT2D eigenvalue weighted by Crippen LogP contribution is -2.36. The lowest BCUT2D eigenvalue weighted by Gasteiger charge is -2.25. The fourth-order valence-electron chi connectivity index (χ4n) is 2.44. The summed E-state index contributed by atoms with van der Waals surface area (Å²) in [5.41, 5.74) is 0.100. The maximum Gasteiger partial charge on any atom is 0.461 e. The molecule has 2 unspecified atom stereocenters. The van der Waals surface area contributed by atoms with Crippen molar-refractivity contribution < 1.29 is 41.7 Å². The molecule has 2 atom stereocenters. The molecule has 2 rings (SSSR count). The van der Waals surface area contributed by atoms with Gasteiger partial charge in [-0.25, -0.2) is 4.39 Å². The predicted molar refractivity (Wildman–Crippen MR) is 81.6 cm³/mol. The Morgan fingerprint density at radius 2 is 1.81 bits per heavy atom. The fraction of sp³-hybridized carbons (Fsp3) is 0.278. The number of carboxylic acid groups (broad SMARTS) is 1. The first-order chi connectivity index (χ1) is 12.6. The highest BCUT2D eigenvalue weighted by molar-refractivity contribution is 5.69. The van der Waals surface area contributed by atoms with Crippen LogP contribution in [0.4, 0.5) is 22.0 Å². The third-order valence-corrected chi connectivity index (χ3v) is 3.74. The Balaban J connectivity index is 2.22. The number of halogens is 5. The lowest BCUT2D eigenvalue weighted by atomic mass is 9.90. The maximum absolute atomic E-state index is 13.3. The highest BCUT2D eigenvalue weighted by Gasteiger charge is 2.44. The summed E-state index contributed by atoms with van der Waals surface area (Å²) in [5.74, 6) is -4.49. The third-order valence-electron chi connectivity index (χ3n) is 3.74. The van der Waals surface area contributed by atoms with Gasteiger partial charge in [-0.3, -0.25) is 0 Å². The number of alkyl halides is 4. The summed E-state index contributed by atoms with van der Waals surface area (Å²) in [6.07, 6.45) is -10.8. The largest absolute Gasteiger partial charge is 0.550 e. The first kappa shape index (κ1) is 20.6. The number of carbonyl (C=O) groups excluding carboxylic acids is 1. The summed E-state index contributed by atoms with van der Waals surface area (Å²) in [6.45, 7) is 0. The summed E-state index contributed by atoms with van der Waals surface area (Å²) in [5, 5.41) is 21.6. The van der Waals surface area contributed by atoms with E-state index in [-0.39, 0.29) is 11.1 Å². The van der Waals surface area contributed by atoms with Crippen LogP contribution >= 0.6 is 0 Å². The Labute approximate surface area is 150 Å². The van der Waals surface area contributed by atoms with Gasteiger partial charge >= 0.3 is 12.5 Å². The van der Waals surface area contributed by atoms with Gasteiger partial charge < -0.3 is 19.7 Å². The van der Waals surface area contributed by atoms with Crippen molar-refractivity contribution in [2.75, 3.05) is 0 Å². The van der Waals surface area contributed by atoms with Crippen molar-refractivity contribution in [2.24, 2.45) is 5.92 Å². The van der Waals surface area contributed by atoms with Crippen LogP contribution in [0.2, 0.25) is 0 Å². The van der Waals surface area contributed by atoms with E-state index in [9.17, 15) is 37.0 Å². The van der Waals surface area contributed by atoms with Gasteiger partial charge in [-0.2, -0.15) is 17.6 Å². The predicted octanol–water partition coefficient (Wildman–Crippen LogP) is 2.70. The topological polar surface area (TPSA) is 69.6 Å². The van der Waals surface area contributed by atoms with Crippen molar-refractivity contribution in [2.45, 2.75) is 25.1 Å². The van der Waals surface area contributed by atoms with Gasteiger partial charge in [0.05, 0.1) is 6.10 Å². The number of ether oxygens (including phenoxy) is 1. The van der Waals surface area contributed by atoms with E-state index in [1.165, 1.54) is 24.3 Å². The molecule has 1 N–H and O–H groups in total. The van der Waals surface area contributed by atoms with Crippen LogP contribution in [-0.2, 0) is 11.2 Å². The van der Waals surface area contributed by atoms with Crippen molar-refractivity contribution in [1.82, 2.24) is 0 Å². The van der Waals surface area contributed by atoms with E-state index < -0.39 is 48.5 Å². The molecule has 2 aromatic rings. The molecule has 4 nitrogen and oxygen atoms in total. The molecule has 0 amide bonds. The molecule has 0 aliphatic carbocycles. The quantitative estimate of drug-likeness (QED) is 0.705. The summed E-state index contributed by atoms with van der Waals surface area (Å²) in [4.78, 5) is 11.4. The van der Waals surface area contributed by atoms with Crippen LogP contribution in [0.15, 0.2) is 48.5 Å². The molecule has 0 aliphatic rings. The second-order valence-electron chi connectivity index (χ2n) is 5.74. The Kier molecular flexibility index (Phi) is 6.37. The van der Waals surface area contributed by atoms with Crippen LogP contribution in [-0.4, -0.2) is 23.6 Å². The number of aliphatic carboxylic acids is 1. The van der Waals surface area contributed by atoms with E-state index in [4.69, 9.17) is 0 Å². The summed E-state index contributed by atoms with van der Waals surface area (Å²) in [7, 11) is 0. The number of hydrogen-bond acceptors (Lipinski definition) is 4. The number of benzene rings is 2. The molecule has 0 aliphatic heterocycles. The highest BCUT2D eigenvalue weighted by atomic mass is 19.3. The van der Waals surface area contributed by atoms with Crippen LogP contribution in [0, 0.1) is 11.7 Å². The lowest BCUT2D eigenvalue weighted by molar-refractivity contribution is -0.314. The smallest absolute Gasteiger partial charge is 0.461 e. The Hall–Kier alpha value is -2.68. The minimum Gasteiger partial charge on any atom is -0.550 e. The molecule has 0 saturated heterocycles. The molecule has 0 aromatic heterocycles. The van der Waals surface area contributed by atoms with Crippen LogP contribution < -0.4 is 9.84 Å². The first-order valence-corrected chi connectivity index (χ1v) is 7.68. The number of rotatable bonds is 8. The summed E-state index contributed by atoms with van der Waals surface area (Å²) in [6, 6.07) is 9.13. The Morgan fingerprint density at radius 3 is 2.41 bits per heavy atom. The van der Waals surface area contributed by atoms with Gasteiger partial charge in [-0.15, -0.1) is 0 Å². The van der Waals surface area contributed by atoms with Crippen molar-refractivity contribution in [1.29, 1.82) is 0 Å². The second kappa shape index (κ2) is 8.34. The zero-order valence-corrected chi connectivity index (χ0v) is 13.6. The van der Waals surface area contributed by atoms with Crippen LogP contribution in [0.25, 0.3) is 0 Å². The summed E-state index contributed by atoms with van der Waals surface area (Å²) >= 11 is 0. The molecule has 2 aromatic carbocycles. The molecule has 0 heterocycles. The molecular formula is C18H14F5O4-. The van der Waals surface area contributed by atoms with Crippen molar-refractivity contribution in [3.8, 4) is 5.75 Å². The van der Waals surface area contributed by atoms with Crippen LogP contribution in [0.3, 0.4) is 0 Å². The van der Waals surface area contributed by atoms with E-state index in [1.807, 2.05) is 0 Å². The molecule has 0 fully saturated rings. The zero-order valence-electron chi connectivity index (χ0n) is 13.6. The molecule has 0 spiro atoms. The van der Waals surface area contributed by atoms with E-state index >= 15 is 0 Å². The van der Waals surface area contributed by atoms with Gasteiger partial charge in [0.15, 0.2) is 0 Å². The molecule has 0 radical (unpaired) electrons. The van der Waals surface area contributed by atoms with E-state index in [0.29, 0.717) is 0 Å². The first-order valence-electron chi connectivity index (χ1n) is 7.68. The Bertz CT molecular complexity index is 797. The minimum absolute atomic E-state index is 0.0131. The molecule has 0 saturated carbocycles. The second-order valence-corrected chi connectivity index (χ2v) is 5.74. The molecule has 0 bridgehead atoms. The normalized spacial score (nSPS) is 14.0. The number of aliphatic hydroxyl groups is 1. The average molecular weight is 389 g/mol. The number of carboxylic acids is 1. The zero-order chi connectivity index (χ0) is 20.2. The van der Waals surface area contributed by atoms with E-state index in [2.05, 4.69) is 4.74 Å². The van der Waals surface area contributed by atoms with E-state index in [0.717, 1.165) is 24.3 Å². The fourth-order valence-corrected chi connectivity index (χ4v) is 2.44. The minimum atomic E-state index is -4.71. The monoisotopic (exact) mass is 389 g/mol. The van der Waals surface area contributed by atoms with Gasteiger partial charge in [-0.1, -0.05) is 24.3 Å². The van der Waals surface area contributed by atoms with Crippen LogP contribution in [0.1, 0.15) is 17.2 Å². The van der Waals surface area contributed by atoms with Crippen molar-refractivity contribution >= 4 is 5.97 Å². The molecular weight excluding hydrogens is 375 g/mol. The molecule has 27 heavy (non-hydrogen) atoms.